The van der Waals surface area contributed by atoms with Crippen LogP contribution < -0.4 is 10.5 Å². The fourth-order valence-electron chi connectivity index (χ4n) is 3.97. The first-order valence-corrected chi connectivity index (χ1v) is 10.4. The van der Waals surface area contributed by atoms with E-state index in [0.717, 1.165) is 23.2 Å². The second kappa shape index (κ2) is 9.75. The van der Waals surface area contributed by atoms with Gasteiger partial charge < -0.3 is 14.9 Å². The molecule has 160 valence electrons. The third kappa shape index (κ3) is 5.18. The second-order valence-electron chi connectivity index (χ2n) is 8.63. The molecule has 1 atom stereocenters. The average Bonchev–Trinajstić information content (AvgIpc) is 2.69. The molecule has 0 bridgehead atoms. The largest absolute Gasteiger partial charge is 0.362 e. The van der Waals surface area contributed by atoms with Gasteiger partial charge in [0.15, 0.2) is 0 Å². The number of anilines is 1. The van der Waals surface area contributed by atoms with Crippen LogP contribution in [0.3, 0.4) is 0 Å². The molecule has 30 heavy (non-hydrogen) atoms. The molecule has 1 N–H and O–H groups in total. The van der Waals surface area contributed by atoms with Crippen molar-refractivity contribution in [3.05, 3.63) is 87.4 Å². The predicted octanol–water partition coefficient (Wildman–Crippen LogP) is 5.75. The Balaban J connectivity index is 2.76. The summed E-state index contributed by atoms with van der Waals surface area (Å²) in [4.78, 5) is 14.4. The molecule has 0 radical (unpaired) electrons. The van der Waals surface area contributed by atoms with E-state index in [9.17, 15) is 4.79 Å². The van der Waals surface area contributed by atoms with Gasteiger partial charge in [-0.2, -0.15) is 0 Å². The highest BCUT2D eigenvalue weighted by atomic mass is 16.1. The van der Waals surface area contributed by atoms with Crippen molar-refractivity contribution in [2.75, 3.05) is 11.9 Å². The third-order valence-corrected chi connectivity index (χ3v) is 5.48. The Morgan fingerprint density at radius 1 is 1.23 bits per heavy atom. The lowest BCUT2D eigenvalue weighted by Crippen LogP contribution is -2.31. The fraction of sp³-hybridized carbons (Fsp3) is 0.385. The third-order valence-electron chi connectivity index (χ3n) is 5.48. The van der Waals surface area contributed by atoms with Crippen LogP contribution in [-0.4, -0.2) is 17.3 Å². The summed E-state index contributed by atoms with van der Waals surface area (Å²) in [5.41, 5.74) is 6.54. The van der Waals surface area contributed by atoms with Gasteiger partial charge in [-0.05, 0) is 50.8 Å². The van der Waals surface area contributed by atoms with Crippen LogP contribution in [0.1, 0.15) is 49.9 Å². The maximum absolute atomic E-state index is 12.2. The van der Waals surface area contributed by atoms with Gasteiger partial charge in [0.1, 0.15) is 0 Å². The molecule has 4 nitrogen and oxygen atoms in total. The number of benzene rings is 1. The van der Waals surface area contributed by atoms with E-state index in [1.54, 1.807) is 17.7 Å². The average molecular weight is 406 g/mol. The Morgan fingerprint density at radius 2 is 1.83 bits per heavy atom. The minimum Gasteiger partial charge on any atom is -0.362 e. The van der Waals surface area contributed by atoms with Crippen molar-refractivity contribution in [3.63, 3.8) is 0 Å². The number of aryl methyl sites for hydroxylation is 3. The first-order valence-electron chi connectivity index (χ1n) is 10.4. The minimum atomic E-state index is -0.160. The lowest BCUT2D eigenvalue weighted by molar-refractivity contribution is 0.632. The van der Waals surface area contributed by atoms with Crippen molar-refractivity contribution >= 4 is 11.4 Å². The maximum Gasteiger partial charge on any atom is 0.253 e. The van der Waals surface area contributed by atoms with E-state index in [-0.39, 0.29) is 11.6 Å². The van der Waals surface area contributed by atoms with E-state index >= 15 is 0 Å². The van der Waals surface area contributed by atoms with Crippen molar-refractivity contribution < 1.29 is 0 Å². The Labute approximate surface area is 181 Å². The molecule has 0 aliphatic carbocycles. The van der Waals surface area contributed by atoms with Crippen LogP contribution in [0.15, 0.2) is 65.1 Å². The highest BCUT2D eigenvalue weighted by Gasteiger charge is 2.26. The topological polar surface area (TPSA) is 49.1 Å². The van der Waals surface area contributed by atoms with Gasteiger partial charge in [-0.1, -0.05) is 55.8 Å². The molecular weight excluding hydrogens is 370 g/mol. The molecular formula is C26H35N3O. The summed E-state index contributed by atoms with van der Waals surface area (Å²) in [5.74, 6) is 0.487. The van der Waals surface area contributed by atoms with Gasteiger partial charge in [0.25, 0.3) is 5.56 Å². The zero-order valence-corrected chi connectivity index (χ0v) is 19.4. The summed E-state index contributed by atoms with van der Waals surface area (Å²) in [6.45, 7) is 14.3. The lowest BCUT2D eigenvalue weighted by Gasteiger charge is -2.34. The molecule has 1 unspecified atom stereocenters. The van der Waals surface area contributed by atoms with Crippen molar-refractivity contribution in [1.29, 1.82) is 5.41 Å². The predicted molar refractivity (Wildman–Crippen MR) is 129 cm³/mol. The van der Waals surface area contributed by atoms with Gasteiger partial charge in [-0.25, -0.2) is 0 Å². The summed E-state index contributed by atoms with van der Waals surface area (Å²) < 4.78 is 1.62. The highest BCUT2D eigenvalue weighted by molar-refractivity contribution is 6.07. The van der Waals surface area contributed by atoms with E-state index in [1.165, 1.54) is 11.1 Å². The van der Waals surface area contributed by atoms with Gasteiger partial charge >= 0.3 is 0 Å². The van der Waals surface area contributed by atoms with Gasteiger partial charge in [-0.15, -0.1) is 0 Å². The maximum atomic E-state index is 12.2. The molecule has 1 heterocycles. The van der Waals surface area contributed by atoms with E-state index < -0.39 is 0 Å². The van der Waals surface area contributed by atoms with Gasteiger partial charge in [-0.3, -0.25) is 4.79 Å². The Bertz CT molecular complexity index is 983. The fourth-order valence-corrected chi connectivity index (χ4v) is 3.97. The van der Waals surface area contributed by atoms with Crippen molar-refractivity contribution in [1.82, 2.24) is 4.57 Å². The van der Waals surface area contributed by atoms with Crippen molar-refractivity contribution in [2.24, 2.45) is 13.0 Å². The molecule has 0 amide bonds. The molecule has 4 heteroatoms. The molecule has 0 saturated carbocycles. The van der Waals surface area contributed by atoms with Crippen LogP contribution in [0.5, 0.6) is 0 Å². The molecule has 1 aromatic carbocycles. The Kier molecular flexibility index (Phi) is 7.60. The molecule has 2 rings (SSSR count). The molecule has 0 saturated heterocycles. The monoisotopic (exact) mass is 405 g/mol. The number of hydrogen-bond acceptors (Lipinski definition) is 3. The number of pyridine rings is 1. The van der Waals surface area contributed by atoms with Gasteiger partial charge in [0.05, 0.1) is 17.4 Å². The van der Waals surface area contributed by atoms with E-state index in [1.807, 2.05) is 26.2 Å². The van der Waals surface area contributed by atoms with Crippen LogP contribution in [0, 0.1) is 25.2 Å². The number of rotatable bonds is 8. The van der Waals surface area contributed by atoms with E-state index in [2.05, 4.69) is 63.4 Å². The van der Waals surface area contributed by atoms with Gasteiger partial charge in [0, 0.05) is 31.4 Å². The summed E-state index contributed by atoms with van der Waals surface area (Å²) in [5, 5.41) is 8.71. The zero-order chi connectivity index (χ0) is 22.6. The van der Waals surface area contributed by atoms with Crippen LogP contribution in [0.25, 0.3) is 0 Å². The molecule has 0 aliphatic heterocycles. The second-order valence-corrected chi connectivity index (χ2v) is 8.63. The smallest absolute Gasteiger partial charge is 0.253 e. The molecule has 2 aromatic rings. The van der Waals surface area contributed by atoms with E-state index in [4.69, 9.17) is 5.41 Å². The number of nitrogens with zero attached hydrogens (tertiary/aromatic N) is 2. The zero-order valence-electron chi connectivity index (χ0n) is 19.4. The number of aromatic nitrogens is 1. The molecule has 1 aromatic heterocycles. The number of hydrogen-bond donors (Lipinski definition) is 1. The minimum absolute atomic E-state index is 0.00428. The normalized spacial score (nSPS) is 13.1. The van der Waals surface area contributed by atoms with Crippen LogP contribution in [0.4, 0.5) is 5.69 Å². The Morgan fingerprint density at radius 3 is 2.33 bits per heavy atom. The molecule has 0 fully saturated rings. The summed E-state index contributed by atoms with van der Waals surface area (Å²) >= 11 is 0. The first-order chi connectivity index (χ1) is 14.1. The standard InChI is InChI=1S/C26H35N3O/c1-9-23(27)24(19(5)14-17(2)3)25(21-12-10-18(4)11-13-21)29(8)22-15-20(6)26(30)28(7)16-22/h9-13,15-17,25,27H,1,14H2,2-8H3/b24-19+,27-23?. The number of nitrogens with one attached hydrogen (secondary N) is 1. The lowest BCUT2D eigenvalue weighted by atomic mass is 9.87. The summed E-state index contributed by atoms with van der Waals surface area (Å²) in [6, 6.07) is 10.2. The van der Waals surface area contributed by atoms with Gasteiger partial charge in [0.2, 0.25) is 0 Å². The number of allylic oxidation sites excluding steroid dienone is 2. The quantitative estimate of drug-likeness (QED) is 0.569. The van der Waals surface area contributed by atoms with Crippen LogP contribution in [-0.2, 0) is 7.05 Å². The highest BCUT2D eigenvalue weighted by Crippen LogP contribution is 2.35. The summed E-state index contributed by atoms with van der Waals surface area (Å²) in [6.07, 6.45) is 4.40. The van der Waals surface area contributed by atoms with Crippen LogP contribution >= 0.6 is 0 Å². The Hall–Kier alpha value is -2.88. The van der Waals surface area contributed by atoms with Crippen molar-refractivity contribution in [3.8, 4) is 0 Å². The van der Waals surface area contributed by atoms with Crippen molar-refractivity contribution in [2.45, 2.75) is 47.1 Å². The number of likely N-dealkylation sites (N-methyl/N-ethyl adjacent to an activating group) is 1. The molecule has 0 spiro atoms. The first kappa shape index (κ1) is 23.4. The van der Waals surface area contributed by atoms with E-state index in [0.29, 0.717) is 17.2 Å². The summed E-state index contributed by atoms with van der Waals surface area (Å²) in [7, 11) is 3.81. The molecule has 0 aliphatic rings. The SMILES string of the molecule is C=CC(=N)/C(=C(/C)CC(C)C)C(c1ccc(C)cc1)N(C)c1cc(C)c(=O)n(C)c1. The van der Waals surface area contributed by atoms with Crippen LogP contribution in [0.2, 0.25) is 0 Å².